The van der Waals surface area contributed by atoms with Gasteiger partial charge >= 0.3 is 0 Å². The number of nitrogens with zero attached hydrogens (tertiary/aromatic N) is 1. The van der Waals surface area contributed by atoms with Gasteiger partial charge in [0.2, 0.25) is 0 Å². The van der Waals surface area contributed by atoms with E-state index in [1.807, 2.05) is 36.4 Å². The Labute approximate surface area is 125 Å². The number of ether oxygens (including phenoxy) is 1. The van der Waals surface area contributed by atoms with Crippen molar-refractivity contribution < 1.29 is 9.53 Å². The minimum absolute atomic E-state index is 0.297. The van der Waals surface area contributed by atoms with Gasteiger partial charge in [-0.05, 0) is 42.5 Å². The van der Waals surface area contributed by atoms with Gasteiger partial charge in [-0.2, -0.15) is 0 Å². The molecule has 3 nitrogen and oxygen atoms in total. The Bertz CT molecular complexity index is 610. The Morgan fingerprint density at radius 3 is 2.90 bits per heavy atom. The predicted octanol–water partition coefficient (Wildman–Crippen LogP) is 3.54. The van der Waals surface area contributed by atoms with Crippen LogP contribution in [0.2, 0.25) is 0 Å². The number of hydrogen-bond donors (Lipinski definition) is 0. The number of Topliss-reactive ketones (excluding diaryl/α,β-unsaturated/α-hetero) is 1. The molecule has 1 aliphatic rings. The van der Waals surface area contributed by atoms with E-state index in [0.717, 1.165) is 24.3 Å². The second kappa shape index (κ2) is 6.53. The maximum atomic E-state index is 12.2. The number of rotatable bonds is 5. The first-order valence-electron chi connectivity index (χ1n) is 7.46. The summed E-state index contributed by atoms with van der Waals surface area (Å²) in [7, 11) is 0. The summed E-state index contributed by atoms with van der Waals surface area (Å²) in [6.07, 6.45) is 4.59. The third-order valence-electron chi connectivity index (χ3n) is 3.94. The summed E-state index contributed by atoms with van der Waals surface area (Å²) in [6, 6.07) is 13.9. The molecule has 108 valence electrons. The molecule has 1 atom stereocenters. The molecule has 0 saturated carbocycles. The van der Waals surface area contributed by atoms with E-state index in [1.54, 1.807) is 6.20 Å². The highest BCUT2D eigenvalue weighted by Gasteiger charge is 2.23. The lowest BCUT2D eigenvalue weighted by Crippen LogP contribution is -2.17. The number of fused-ring (bicyclic) bond motifs is 1. The maximum absolute atomic E-state index is 12.2. The number of hydrogen-bond acceptors (Lipinski definition) is 3. The first-order chi connectivity index (χ1) is 10.3. The Kier molecular flexibility index (Phi) is 4.29. The fourth-order valence-corrected chi connectivity index (χ4v) is 2.82. The zero-order valence-corrected chi connectivity index (χ0v) is 12.0. The number of carbonyl (C=O) groups is 1. The molecule has 0 fully saturated rings. The van der Waals surface area contributed by atoms with Gasteiger partial charge in [0.25, 0.3) is 0 Å². The summed E-state index contributed by atoms with van der Waals surface area (Å²) >= 11 is 0. The van der Waals surface area contributed by atoms with Crippen LogP contribution in [-0.4, -0.2) is 17.4 Å². The van der Waals surface area contributed by atoms with Gasteiger partial charge in [0.1, 0.15) is 11.5 Å². The van der Waals surface area contributed by atoms with Crippen molar-refractivity contribution in [2.24, 2.45) is 0 Å². The van der Waals surface area contributed by atoms with Gasteiger partial charge in [0.15, 0.2) is 0 Å². The SMILES string of the molecule is O=C(CCc1ccccn1)CC1CCOc2ccccc21. The zero-order valence-electron chi connectivity index (χ0n) is 12.0. The largest absolute Gasteiger partial charge is 0.493 e. The average Bonchev–Trinajstić information content (AvgIpc) is 2.54. The van der Waals surface area contributed by atoms with Crippen LogP contribution in [0.15, 0.2) is 48.7 Å². The number of ketones is 1. The molecule has 0 spiro atoms. The minimum atomic E-state index is 0.297. The lowest BCUT2D eigenvalue weighted by Gasteiger charge is -2.25. The molecule has 0 aliphatic carbocycles. The number of benzene rings is 1. The Morgan fingerprint density at radius 2 is 2.05 bits per heavy atom. The van der Waals surface area contributed by atoms with Crippen LogP contribution in [0.3, 0.4) is 0 Å². The van der Waals surface area contributed by atoms with Gasteiger partial charge in [-0.25, -0.2) is 0 Å². The maximum Gasteiger partial charge on any atom is 0.133 e. The lowest BCUT2D eigenvalue weighted by molar-refractivity contribution is -0.119. The fraction of sp³-hybridized carbons (Fsp3) is 0.333. The van der Waals surface area contributed by atoms with Crippen molar-refractivity contribution in [3.63, 3.8) is 0 Å². The molecular formula is C18H19NO2. The van der Waals surface area contributed by atoms with Crippen molar-refractivity contribution in [3.8, 4) is 5.75 Å². The number of carbonyl (C=O) groups excluding carboxylic acids is 1. The van der Waals surface area contributed by atoms with Crippen LogP contribution in [0.5, 0.6) is 5.75 Å². The smallest absolute Gasteiger partial charge is 0.133 e. The number of para-hydroxylation sites is 1. The predicted molar refractivity (Wildman–Crippen MR) is 81.5 cm³/mol. The summed E-state index contributed by atoms with van der Waals surface area (Å²) in [6.45, 7) is 0.704. The van der Waals surface area contributed by atoms with Gasteiger partial charge in [-0.15, -0.1) is 0 Å². The van der Waals surface area contributed by atoms with Gasteiger partial charge in [-0.3, -0.25) is 9.78 Å². The van der Waals surface area contributed by atoms with Gasteiger partial charge < -0.3 is 4.74 Å². The van der Waals surface area contributed by atoms with E-state index in [-0.39, 0.29) is 0 Å². The molecule has 0 amide bonds. The Morgan fingerprint density at radius 1 is 1.19 bits per heavy atom. The molecule has 1 aromatic carbocycles. The minimum Gasteiger partial charge on any atom is -0.493 e. The first-order valence-corrected chi connectivity index (χ1v) is 7.46. The molecule has 0 bridgehead atoms. The van der Waals surface area contributed by atoms with Crippen LogP contribution < -0.4 is 4.74 Å². The highest BCUT2D eigenvalue weighted by atomic mass is 16.5. The van der Waals surface area contributed by atoms with Crippen molar-refractivity contribution >= 4 is 5.78 Å². The van der Waals surface area contributed by atoms with Crippen molar-refractivity contribution in [1.82, 2.24) is 4.98 Å². The van der Waals surface area contributed by atoms with Gasteiger partial charge in [-0.1, -0.05) is 24.3 Å². The summed E-state index contributed by atoms with van der Waals surface area (Å²) in [5.74, 6) is 1.54. The van der Waals surface area contributed by atoms with E-state index in [9.17, 15) is 4.79 Å². The third kappa shape index (κ3) is 3.48. The summed E-state index contributed by atoms with van der Waals surface area (Å²) in [4.78, 5) is 16.5. The average molecular weight is 281 g/mol. The molecule has 0 N–H and O–H groups in total. The second-order valence-electron chi connectivity index (χ2n) is 5.44. The third-order valence-corrected chi connectivity index (χ3v) is 3.94. The van der Waals surface area contributed by atoms with E-state index >= 15 is 0 Å². The van der Waals surface area contributed by atoms with E-state index in [1.165, 1.54) is 5.56 Å². The number of aromatic nitrogens is 1. The van der Waals surface area contributed by atoms with Crippen LogP contribution in [0.1, 0.15) is 36.4 Å². The van der Waals surface area contributed by atoms with Crippen molar-refractivity contribution in [2.75, 3.05) is 6.61 Å². The molecule has 2 heterocycles. The first kappa shape index (κ1) is 13.8. The summed E-state index contributed by atoms with van der Waals surface area (Å²) in [5, 5.41) is 0. The Hall–Kier alpha value is -2.16. The standard InChI is InChI=1S/C18H19NO2/c20-16(9-8-15-5-3-4-11-19-15)13-14-10-12-21-18-7-2-1-6-17(14)18/h1-7,11,14H,8-10,12-13H2. The summed E-state index contributed by atoms with van der Waals surface area (Å²) < 4.78 is 5.64. The molecule has 2 aromatic rings. The molecule has 3 heteroatoms. The topological polar surface area (TPSA) is 39.2 Å². The number of pyridine rings is 1. The molecule has 0 radical (unpaired) electrons. The zero-order chi connectivity index (χ0) is 14.5. The quantitative estimate of drug-likeness (QED) is 0.841. The van der Waals surface area contributed by atoms with E-state index in [0.29, 0.717) is 31.1 Å². The highest BCUT2D eigenvalue weighted by molar-refractivity contribution is 5.79. The monoisotopic (exact) mass is 281 g/mol. The van der Waals surface area contributed by atoms with Crippen molar-refractivity contribution in [3.05, 3.63) is 59.9 Å². The molecule has 0 saturated heterocycles. The van der Waals surface area contributed by atoms with Crippen LogP contribution in [0.25, 0.3) is 0 Å². The van der Waals surface area contributed by atoms with Crippen LogP contribution in [0.4, 0.5) is 0 Å². The normalized spacial score (nSPS) is 16.9. The van der Waals surface area contributed by atoms with Gasteiger partial charge in [0.05, 0.1) is 6.61 Å². The molecule has 21 heavy (non-hydrogen) atoms. The highest BCUT2D eigenvalue weighted by Crippen LogP contribution is 2.35. The van der Waals surface area contributed by atoms with Crippen LogP contribution >= 0.6 is 0 Å². The lowest BCUT2D eigenvalue weighted by atomic mass is 9.88. The molecule has 1 unspecified atom stereocenters. The van der Waals surface area contributed by atoms with E-state index < -0.39 is 0 Å². The molecule has 1 aromatic heterocycles. The van der Waals surface area contributed by atoms with Crippen LogP contribution in [-0.2, 0) is 11.2 Å². The van der Waals surface area contributed by atoms with Crippen molar-refractivity contribution in [1.29, 1.82) is 0 Å². The van der Waals surface area contributed by atoms with Crippen LogP contribution in [0, 0.1) is 0 Å². The van der Waals surface area contributed by atoms with Gasteiger partial charge in [0, 0.05) is 24.7 Å². The van der Waals surface area contributed by atoms with E-state index in [2.05, 4.69) is 11.1 Å². The number of aryl methyl sites for hydroxylation is 1. The molecule has 1 aliphatic heterocycles. The fourth-order valence-electron chi connectivity index (χ4n) is 2.82. The Balaban J connectivity index is 1.58. The second-order valence-corrected chi connectivity index (χ2v) is 5.44. The van der Waals surface area contributed by atoms with E-state index in [4.69, 9.17) is 4.74 Å². The molecular weight excluding hydrogens is 262 g/mol. The molecule has 3 rings (SSSR count). The summed E-state index contributed by atoms with van der Waals surface area (Å²) in [5.41, 5.74) is 2.16. The van der Waals surface area contributed by atoms with Crippen molar-refractivity contribution in [2.45, 2.75) is 31.6 Å².